The number of unbranched alkanes of at least 4 members (excludes halogenated alkanes) is 1. The summed E-state index contributed by atoms with van der Waals surface area (Å²) in [5.74, 6) is -2.80. The van der Waals surface area contributed by atoms with E-state index in [-0.39, 0.29) is 12.5 Å². The normalized spacial score (nSPS) is 18.3. The van der Waals surface area contributed by atoms with Crippen LogP contribution in [0.15, 0.2) is 108 Å². The monoisotopic (exact) mass is 712 g/mol. The number of carbonyl (C=O) groups excluding carboxylic acids is 1. The molecule has 1 fully saturated rings. The van der Waals surface area contributed by atoms with E-state index in [1.54, 1.807) is 31.2 Å². The Morgan fingerprint density at radius 3 is 2.26 bits per heavy atom. The van der Waals surface area contributed by atoms with Crippen molar-refractivity contribution < 1.29 is 27.4 Å². The molecule has 2 heterocycles. The summed E-state index contributed by atoms with van der Waals surface area (Å²) in [5.41, 5.74) is -0.372. The number of aromatic nitrogens is 2. The number of halogens is 2. The third-order valence-electron chi connectivity index (χ3n) is 7.33. The first-order chi connectivity index (χ1) is 24.3. The highest BCUT2D eigenvalue weighted by Crippen LogP contribution is 2.43. The molecule has 272 valence electrons. The lowest BCUT2D eigenvalue weighted by Crippen LogP contribution is -2.35. The van der Waals surface area contributed by atoms with Gasteiger partial charge in [0.15, 0.2) is 0 Å². The number of carbonyl (C=O) groups is 1. The van der Waals surface area contributed by atoms with Crippen molar-refractivity contribution in [2.24, 2.45) is 0 Å². The number of amides is 1. The molecule has 1 aliphatic rings. The first kappa shape index (κ1) is 40.7. The van der Waals surface area contributed by atoms with Gasteiger partial charge >= 0.3 is 14.2 Å². The second-order valence-corrected chi connectivity index (χ2v) is 12.9. The van der Waals surface area contributed by atoms with Crippen LogP contribution in [0.4, 0.5) is 8.78 Å². The van der Waals surface area contributed by atoms with Gasteiger partial charge in [0.2, 0.25) is 12.1 Å². The Hall–Kier alpha value is -3.76. The summed E-state index contributed by atoms with van der Waals surface area (Å²) in [5, 5.41) is 6.01. The van der Waals surface area contributed by atoms with Gasteiger partial charge in [0.25, 0.3) is 5.92 Å². The average molecular weight is 713 g/mol. The number of hydrogen-bond acceptors (Lipinski definition) is 7. The average Bonchev–Trinajstić information content (AvgIpc) is 3.40. The summed E-state index contributed by atoms with van der Waals surface area (Å²) >= 11 is 0. The third kappa shape index (κ3) is 16.3. The van der Waals surface area contributed by atoms with E-state index >= 15 is 0 Å². The van der Waals surface area contributed by atoms with Gasteiger partial charge in [-0.25, -0.2) is 18.7 Å². The molecule has 3 rings (SSSR count). The van der Waals surface area contributed by atoms with Crippen molar-refractivity contribution in [2.75, 3.05) is 19.7 Å². The minimum Gasteiger partial charge on any atom is -0.436 e. The fraction of sp³-hybridized carbons (Fsp3) is 0.447. The summed E-state index contributed by atoms with van der Waals surface area (Å²) in [6.45, 7) is 4.24. The Morgan fingerprint density at radius 1 is 0.980 bits per heavy atom. The quantitative estimate of drug-likeness (QED) is 0.0678. The van der Waals surface area contributed by atoms with Crippen molar-refractivity contribution in [3.8, 4) is 5.75 Å². The number of hydrogen-bond donors (Lipinski definition) is 2. The lowest BCUT2D eigenvalue weighted by atomic mass is 10.2. The molecule has 0 spiro atoms. The molecule has 0 bridgehead atoms. The summed E-state index contributed by atoms with van der Waals surface area (Å²) < 4.78 is 47.8. The number of alkyl halides is 2. The second kappa shape index (κ2) is 23.6. The first-order valence-electron chi connectivity index (χ1n) is 17.3. The molecular weight excluding hydrogens is 661 g/mol. The van der Waals surface area contributed by atoms with Gasteiger partial charge in [-0.2, -0.15) is 4.98 Å². The van der Waals surface area contributed by atoms with Gasteiger partial charge in [-0.1, -0.05) is 85.9 Å². The van der Waals surface area contributed by atoms with Crippen LogP contribution in [0.25, 0.3) is 0 Å². The maximum absolute atomic E-state index is 14.8. The number of para-hydroxylation sites is 1. The zero-order valence-electron chi connectivity index (χ0n) is 29.1. The van der Waals surface area contributed by atoms with Crippen molar-refractivity contribution in [3.05, 3.63) is 120 Å². The van der Waals surface area contributed by atoms with Crippen LogP contribution in [-0.4, -0.2) is 47.2 Å². The van der Waals surface area contributed by atoms with E-state index in [0.717, 1.165) is 49.5 Å². The van der Waals surface area contributed by atoms with Gasteiger partial charge in [-0.3, -0.25) is 9.36 Å². The van der Waals surface area contributed by atoms with E-state index in [1.807, 2.05) is 6.07 Å². The van der Waals surface area contributed by atoms with Crippen LogP contribution in [-0.2, 0) is 14.1 Å². The first-order valence-corrected chi connectivity index (χ1v) is 18.5. The Balaban J connectivity index is 1.31. The van der Waals surface area contributed by atoms with Crippen LogP contribution in [0.5, 0.6) is 5.75 Å². The van der Waals surface area contributed by atoms with Crippen LogP contribution in [0, 0.1) is 6.92 Å². The number of rotatable bonds is 23. The smallest absolute Gasteiger partial charge is 0.350 e. The molecule has 3 atom stereocenters. The zero-order valence-corrected chi connectivity index (χ0v) is 30.0. The SMILES string of the molecule is CC/C=C\C/C=C\C/C=C\C/C=C\C/C=C\CCCC(=O)NCCNP(OCC1CC(F)(F)C(n2ccc(C)nc2=O)O1)Oc1ccccc1. The molecule has 0 radical (unpaired) electrons. The molecule has 9 nitrogen and oxygen atoms in total. The highest BCUT2D eigenvalue weighted by atomic mass is 31.2. The van der Waals surface area contributed by atoms with Crippen LogP contribution in [0.1, 0.15) is 76.6 Å². The van der Waals surface area contributed by atoms with E-state index in [0.29, 0.717) is 31.0 Å². The van der Waals surface area contributed by atoms with E-state index < -0.39 is 38.9 Å². The Morgan fingerprint density at radius 2 is 1.62 bits per heavy atom. The number of aryl methyl sites for hydroxylation is 1. The molecule has 1 saturated heterocycles. The molecule has 0 aliphatic carbocycles. The van der Waals surface area contributed by atoms with Gasteiger partial charge in [0.1, 0.15) is 5.75 Å². The van der Waals surface area contributed by atoms with Gasteiger partial charge in [0, 0.05) is 37.8 Å². The van der Waals surface area contributed by atoms with Crippen LogP contribution < -0.4 is 20.6 Å². The molecule has 1 amide bonds. The van der Waals surface area contributed by atoms with Crippen molar-refractivity contribution >= 4 is 14.4 Å². The van der Waals surface area contributed by atoms with Gasteiger partial charge in [-0.05, 0) is 70.1 Å². The Labute approximate surface area is 296 Å². The standard InChI is InChI=1S/C38H51F2N4O5P/c1-3-4-5-6-7-8-9-10-11-12-13-14-15-16-17-18-22-25-35(45)41-27-28-42-50(49-33-23-20-19-21-24-33)47-31-34-30-38(39,40)36(48-34)44-29-26-32(2)43-37(44)46/h4-5,7-8,10-11,13-14,16-17,19-21,23-24,26,29,34,36,42H,3,6,9,12,15,18,22,25,27-28,30-31H2,1-2H3,(H,41,45)/b5-4-,8-7-,11-10-,14-13-,17-16-. The summed E-state index contributed by atoms with van der Waals surface area (Å²) in [7, 11) is -1.75. The molecule has 0 saturated carbocycles. The highest BCUT2D eigenvalue weighted by Gasteiger charge is 2.52. The number of benzene rings is 1. The van der Waals surface area contributed by atoms with E-state index in [9.17, 15) is 18.4 Å². The lowest BCUT2D eigenvalue weighted by molar-refractivity contribution is -0.121. The minimum absolute atomic E-state index is 0.0538. The Kier molecular flexibility index (Phi) is 19.2. The number of nitrogens with zero attached hydrogens (tertiary/aromatic N) is 2. The fourth-order valence-corrected chi connectivity index (χ4v) is 5.91. The maximum atomic E-state index is 14.8. The number of allylic oxidation sites excluding steroid dienone is 10. The van der Waals surface area contributed by atoms with E-state index in [2.05, 4.69) is 83.1 Å². The van der Waals surface area contributed by atoms with Crippen LogP contribution in [0.2, 0.25) is 0 Å². The lowest BCUT2D eigenvalue weighted by Gasteiger charge is -2.21. The van der Waals surface area contributed by atoms with E-state index in [4.69, 9.17) is 13.8 Å². The predicted octanol–water partition coefficient (Wildman–Crippen LogP) is 8.42. The number of nitrogens with one attached hydrogen (secondary N) is 2. The summed E-state index contributed by atoms with van der Waals surface area (Å²) in [6, 6.07) is 10.4. The highest BCUT2D eigenvalue weighted by molar-refractivity contribution is 7.45. The Bertz CT molecular complexity index is 1480. The van der Waals surface area contributed by atoms with Crippen molar-refractivity contribution in [2.45, 2.75) is 89.9 Å². The van der Waals surface area contributed by atoms with Gasteiger partial charge in [0.05, 0.1) is 12.7 Å². The fourth-order valence-electron chi connectivity index (χ4n) is 4.80. The molecule has 2 aromatic rings. The summed E-state index contributed by atoms with van der Waals surface area (Å²) in [6.07, 6.45) is 26.3. The molecule has 3 unspecified atom stereocenters. The molecule has 1 aromatic heterocycles. The molecule has 1 aliphatic heterocycles. The maximum Gasteiger partial charge on any atom is 0.350 e. The third-order valence-corrected chi connectivity index (χ3v) is 8.58. The molecular formula is C38H51F2N4O5P. The molecule has 2 N–H and O–H groups in total. The topological polar surface area (TPSA) is 104 Å². The second-order valence-electron chi connectivity index (χ2n) is 11.6. The van der Waals surface area contributed by atoms with Gasteiger partial charge < -0.3 is 19.1 Å². The van der Waals surface area contributed by atoms with Crippen molar-refractivity contribution in [3.63, 3.8) is 0 Å². The van der Waals surface area contributed by atoms with Crippen LogP contribution in [0.3, 0.4) is 0 Å². The minimum atomic E-state index is -3.29. The predicted molar refractivity (Wildman–Crippen MR) is 196 cm³/mol. The molecule has 50 heavy (non-hydrogen) atoms. The largest absolute Gasteiger partial charge is 0.436 e. The molecule has 12 heteroatoms. The number of ether oxygens (including phenoxy) is 1. The van der Waals surface area contributed by atoms with Crippen LogP contribution >= 0.6 is 8.53 Å². The molecule has 1 aromatic carbocycles. The van der Waals surface area contributed by atoms with Crippen molar-refractivity contribution in [1.29, 1.82) is 0 Å². The van der Waals surface area contributed by atoms with Gasteiger partial charge in [-0.15, -0.1) is 0 Å². The summed E-state index contributed by atoms with van der Waals surface area (Å²) in [4.78, 5) is 28.3. The zero-order chi connectivity index (χ0) is 35.9. The van der Waals surface area contributed by atoms with Crippen molar-refractivity contribution in [1.82, 2.24) is 20.0 Å². The van der Waals surface area contributed by atoms with E-state index in [1.165, 1.54) is 12.3 Å².